The Morgan fingerprint density at radius 3 is 2.70 bits per heavy atom. The van der Waals surface area contributed by atoms with Crippen LogP contribution in [0.5, 0.6) is 11.5 Å². The number of amides is 2. The van der Waals surface area contributed by atoms with Crippen molar-refractivity contribution in [1.82, 2.24) is 20.2 Å². The molecule has 0 unspecified atom stereocenters. The molecule has 40 heavy (non-hydrogen) atoms. The van der Waals surface area contributed by atoms with E-state index < -0.39 is 11.7 Å². The van der Waals surface area contributed by atoms with Crippen LogP contribution in [0.25, 0.3) is 11.4 Å². The number of nitrogens with one attached hydrogen (secondary N) is 3. The molecule has 4 heterocycles. The molecule has 0 bridgehead atoms. The van der Waals surface area contributed by atoms with E-state index >= 15 is 0 Å². The number of nitrogens with zero attached hydrogens (tertiary/aromatic N) is 2. The number of aromatic amines is 1. The van der Waals surface area contributed by atoms with Crippen molar-refractivity contribution < 1.29 is 23.1 Å². The maximum atomic E-state index is 14.4. The average molecular weight is 546 g/mol. The van der Waals surface area contributed by atoms with Gasteiger partial charge in [-0.2, -0.15) is 0 Å². The lowest BCUT2D eigenvalue weighted by Crippen LogP contribution is -2.33. The number of aromatic nitrogens is 2. The van der Waals surface area contributed by atoms with Gasteiger partial charge in [-0.1, -0.05) is 6.42 Å². The molecule has 0 radical (unpaired) electrons. The third kappa shape index (κ3) is 6.76. The molecule has 5 rings (SSSR count). The van der Waals surface area contributed by atoms with Crippen LogP contribution < -0.4 is 15.4 Å². The van der Waals surface area contributed by atoms with Crippen LogP contribution in [0, 0.1) is 12.7 Å². The van der Waals surface area contributed by atoms with E-state index in [1.165, 1.54) is 43.7 Å². The van der Waals surface area contributed by atoms with Crippen LogP contribution >= 0.6 is 0 Å². The first-order chi connectivity index (χ1) is 19.5. The number of H-pyrrole nitrogens is 1. The van der Waals surface area contributed by atoms with Crippen LogP contribution in [0.3, 0.4) is 0 Å². The number of furan rings is 1. The van der Waals surface area contributed by atoms with Crippen molar-refractivity contribution in [2.45, 2.75) is 32.6 Å². The Balaban J connectivity index is 1.19. The second kappa shape index (κ2) is 12.6. The van der Waals surface area contributed by atoms with Gasteiger partial charge in [0, 0.05) is 36.6 Å². The Kier molecular flexibility index (Phi) is 8.56. The summed E-state index contributed by atoms with van der Waals surface area (Å²) in [6.45, 7) is 5.65. The van der Waals surface area contributed by atoms with Crippen molar-refractivity contribution in [2.75, 3.05) is 31.5 Å². The summed E-state index contributed by atoms with van der Waals surface area (Å²) in [5.41, 5.74) is 2.36. The lowest BCUT2D eigenvalue weighted by molar-refractivity contribution is 0.0950. The minimum absolute atomic E-state index is 0.0384. The van der Waals surface area contributed by atoms with Gasteiger partial charge in [0.1, 0.15) is 17.3 Å². The molecule has 1 fully saturated rings. The van der Waals surface area contributed by atoms with Gasteiger partial charge < -0.3 is 29.7 Å². The Morgan fingerprint density at radius 2 is 1.90 bits per heavy atom. The summed E-state index contributed by atoms with van der Waals surface area (Å²) in [5, 5.41) is 5.51. The molecule has 3 aromatic heterocycles. The van der Waals surface area contributed by atoms with Gasteiger partial charge in [-0.05, 0) is 76.2 Å². The number of hydrogen-bond acceptors (Lipinski definition) is 6. The first-order valence-electron chi connectivity index (χ1n) is 13.4. The number of carbonyl (C=O) groups is 2. The van der Waals surface area contributed by atoms with E-state index in [4.69, 9.17) is 9.15 Å². The quantitative estimate of drug-likeness (QED) is 0.218. The van der Waals surface area contributed by atoms with Gasteiger partial charge in [-0.3, -0.25) is 14.6 Å². The van der Waals surface area contributed by atoms with E-state index in [0.717, 1.165) is 26.1 Å². The zero-order valence-corrected chi connectivity index (χ0v) is 22.3. The molecule has 2 amide bonds. The molecule has 4 aromatic rings. The summed E-state index contributed by atoms with van der Waals surface area (Å²) < 4.78 is 25.5. The van der Waals surface area contributed by atoms with Crippen molar-refractivity contribution in [1.29, 1.82) is 0 Å². The fraction of sp³-hybridized carbons (Fsp3) is 0.300. The minimum atomic E-state index is -0.607. The average Bonchev–Trinajstić information content (AvgIpc) is 3.63. The van der Waals surface area contributed by atoms with Gasteiger partial charge in [-0.15, -0.1) is 0 Å². The standard InChI is InChI=1S/C30H32FN5O4/c1-20-9-15-39-28(20)30(38)35-25-17-22(6-7-24(25)31)40-23-8-11-32-27(18-23)26-16-21(19-34-26)29(37)33-10-5-14-36-12-3-2-4-13-36/h6-9,11,15-19,34H,2-5,10,12-14H2,1H3,(H,33,37)(H,35,38). The molecule has 0 atom stereocenters. The molecule has 1 saturated heterocycles. The topological polar surface area (TPSA) is 112 Å². The molecule has 1 aliphatic rings. The number of hydrogen-bond donors (Lipinski definition) is 3. The summed E-state index contributed by atoms with van der Waals surface area (Å²) >= 11 is 0. The van der Waals surface area contributed by atoms with Gasteiger partial charge in [0.15, 0.2) is 5.76 Å². The lowest BCUT2D eigenvalue weighted by Gasteiger charge is -2.26. The maximum Gasteiger partial charge on any atom is 0.291 e. The van der Waals surface area contributed by atoms with E-state index in [-0.39, 0.29) is 17.4 Å². The van der Waals surface area contributed by atoms with E-state index in [9.17, 15) is 14.0 Å². The highest BCUT2D eigenvalue weighted by Crippen LogP contribution is 2.29. The van der Waals surface area contributed by atoms with Gasteiger partial charge in [0.2, 0.25) is 0 Å². The molecule has 0 saturated carbocycles. The number of ether oxygens (including phenoxy) is 1. The van der Waals surface area contributed by atoms with E-state index in [2.05, 4.69) is 25.5 Å². The first-order valence-corrected chi connectivity index (χ1v) is 13.4. The number of rotatable bonds is 10. The summed E-state index contributed by atoms with van der Waals surface area (Å²) in [6.07, 6.45) is 9.38. The van der Waals surface area contributed by atoms with Crippen molar-refractivity contribution >= 4 is 17.5 Å². The highest BCUT2D eigenvalue weighted by molar-refractivity contribution is 6.03. The predicted octanol–water partition coefficient (Wildman–Crippen LogP) is 5.77. The molecule has 208 valence electrons. The molecule has 10 heteroatoms. The number of likely N-dealkylation sites (tertiary alicyclic amines) is 1. The minimum Gasteiger partial charge on any atom is -0.459 e. The third-order valence-electron chi connectivity index (χ3n) is 6.83. The van der Waals surface area contributed by atoms with Gasteiger partial charge in [0.05, 0.1) is 28.9 Å². The summed E-state index contributed by atoms with van der Waals surface area (Å²) in [6, 6.07) is 10.8. The smallest absolute Gasteiger partial charge is 0.291 e. The Morgan fingerprint density at radius 1 is 1.07 bits per heavy atom. The van der Waals surface area contributed by atoms with Gasteiger partial charge >= 0.3 is 0 Å². The molecule has 1 aliphatic heterocycles. The van der Waals surface area contributed by atoms with Crippen LogP contribution in [0.1, 0.15) is 52.2 Å². The van der Waals surface area contributed by atoms with Crippen LogP contribution in [-0.4, -0.2) is 52.9 Å². The van der Waals surface area contributed by atoms with Gasteiger partial charge in [0.25, 0.3) is 11.8 Å². The summed E-state index contributed by atoms with van der Waals surface area (Å²) in [4.78, 5) is 35.0. The summed E-state index contributed by atoms with van der Waals surface area (Å²) in [7, 11) is 0. The second-order valence-corrected chi connectivity index (χ2v) is 9.82. The Labute approximate surface area is 231 Å². The van der Waals surface area contributed by atoms with Crippen LogP contribution in [0.15, 0.2) is 65.5 Å². The second-order valence-electron chi connectivity index (χ2n) is 9.82. The largest absolute Gasteiger partial charge is 0.459 e. The fourth-order valence-corrected chi connectivity index (χ4v) is 4.67. The number of aryl methyl sites for hydroxylation is 1. The zero-order valence-electron chi connectivity index (χ0n) is 22.3. The van der Waals surface area contributed by atoms with E-state index in [1.807, 2.05) is 0 Å². The summed E-state index contributed by atoms with van der Waals surface area (Å²) in [5.74, 6) is -0.419. The van der Waals surface area contributed by atoms with Crippen molar-refractivity contribution in [3.8, 4) is 22.9 Å². The van der Waals surface area contributed by atoms with Crippen molar-refractivity contribution in [2.24, 2.45) is 0 Å². The molecule has 0 spiro atoms. The Hall–Kier alpha value is -4.44. The first kappa shape index (κ1) is 27.1. The molecular formula is C30H32FN5O4. The Bertz CT molecular complexity index is 1470. The van der Waals surface area contributed by atoms with Crippen LogP contribution in [0.4, 0.5) is 10.1 Å². The molecule has 1 aromatic carbocycles. The van der Waals surface area contributed by atoms with Crippen LogP contribution in [0.2, 0.25) is 0 Å². The number of benzene rings is 1. The fourth-order valence-electron chi connectivity index (χ4n) is 4.67. The van der Waals surface area contributed by atoms with Gasteiger partial charge in [-0.25, -0.2) is 4.39 Å². The monoisotopic (exact) mass is 545 g/mol. The highest BCUT2D eigenvalue weighted by Gasteiger charge is 2.16. The number of anilines is 1. The number of carbonyl (C=O) groups excluding carboxylic acids is 2. The zero-order chi connectivity index (χ0) is 27.9. The third-order valence-corrected chi connectivity index (χ3v) is 6.83. The van der Waals surface area contributed by atoms with Crippen LogP contribution in [-0.2, 0) is 0 Å². The maximum absolute atomic E-state index is 14.4. The van der Waals surface area contributed by atoms with Crippen molar-refractivity contribution in [3.63, 3.8) is 0 Å². The highest BCUT2D eigenvalue weighted by atomic mass is 19.1. The number of piperidine rings is 1. The number of halogens is 1. The molecule has 9 nitrogen and oxygen atoms in total. The molecular weight excluding hydrogens is 513 g/mol. The lowest BCUT2D eigenvalue weighted by atomic mass is 10.1. The normalized spacial score (nSPS) is 13.7. The molecule has 0 aliphatic carbocycles. The SMILES string of the molecule is Cc1ccoc1C(=O)Nc1cc(Oc2ccnc(-c3cc(C(=O)NCCCN4CCCCC4)c[nH]3)c2)ccc1F. The van der Waals surface area contributed by atoms with Crippen molar-refractivity contribution in [3.05, 3.63) is 83.8 Å². The van der Waals surface area contributed by atoms with E-state index in [0.29, 0.717) is 40.6 Å². The predicted molar refractivity (Wildman–Crippen MR) is 149 cm³/mol. The van der Waals surface area contributed by atoms with E-state index in [1.54, 1.807) is 43.6 Å². The number of pyridine rings is 1. The molecule has 3 N–H and O–H groups in total.